The van der Waals surface area contributed by atoms with Crippen LogP contribution in [-0.4, -0.2) is 13.7 Å². The Bertz CT molecular complexity index is 3960. The number of hydrogen-bond donors (Lipinski definition) is 0. The van der Waals surface area contributed by atoms with E-state index in [1.165, 1.54) is 69.0 Å². The van der Waals surface area contributed by atoms with Gasteiger partial charge in [-0.05, 0) is 96.1 Å². The van der Waals surface area contributed by atoms with Crippen molar-refractivity contribution in [2.75, 3.05) is 0 Å². The van der Waals surface area contributed by atoms with Gasteiger partial charge in [0.2, 0.25) is 0 Å². The van der Waals surface area contributed by atoms with Gasteiger partial charge in [-0.25, -0.2) is 0 Å². The molecule has 0 bridgehead atoms. The summed E-state index contributed by atoms with van der Waals surface area (Å²) in [5.41, 5.74) is 12.9. The van der Waals surface area contributed by atoms with Crippen molar-refractivity contribution >= 4 is 96.9 Å². The molecule has 60 heavy (non-hydrogen) atoms. The molecule has 0 aliphatic rings. The fraction of sp³-hybridized carbons (Fsp3) is 0. The van der Waals surface area contributed by atoms with Crippen LogP contribution in [0.3, 0.4) is 0 Å². The normalized spacial score (nSPS) is 12.0. The second-order valence-electron chi connectivity index (χ2n) is 15.6. The van der Waals surface area contributed by atoms with E-state index in [1.807, 2.05) is 29.5 Å². The standard InChI is InChI=1S/C55H32N4S/c56-33-34-13-12-14-35(27-34)36-28-38(30-39(29-36)58-47-21-8-5-18-41(47)45-31-46-42-19-7-11-24-52(42)60-53(46)32-51(45)58)57-49-23-10-6-20-44(49)54-50(57)26-25-43-40-17-4-9-22-48(40)59(55(43)54)37-15-2-1-3-16-37/h1-32H. The maximum Gasteiger partial charge on any atom is 0.0991 e. The van der Waals surface area contributed by atoms with E-state index in [1.54, 1.807) is 0 Å². The van der Waals surface area contributed by atoms with E-state index in [9.17, 15) is 5.26 Å². The summed E-state index contributed by atoms with van der Waals surface area (Å²) in [6.45, 7) is 0. The third-order valence-corrected chi connectivity index (χ3v) is 13.5. The molecule has 0 radical (unpaired) electrons. The summed E-state index contributed by atoms with van der Waals surface area (Å²) in [5, 5.41) is 19.9. The summed E-state index contributed by atoms with van der Waals surface area (Å²) in [6.07, 6.45) is 0. The van der Waals surface area contributed by atoms with E-state index in [0.717, 1.165) is 44.7 Å². The maximum absolute atomic E-state index is 10.0. The zero-order valence-corrected chi connectivity index (χ0v) is 33.0. The lowest BCUT2D eigenvalue weighted by atomic mass is 10.0. The fourth-order valence-electron chi connectivity index (χ4n) is 9.89. The van der Waals surface area contributed by atoms with Crippen molar-refractivity contribution in [3.8, 4) is 34.3 Å². The average Bonchev–Trinajstić information content (AvgIpc) is 4.04. The number of benzene rings is 9. The number of para-hydroxylation sites is 4. The van der Waals surface area contributed by atoms with E-state index >= 15 is 0 Å². The Kier molecular flexibility index (Phi) is 6.92. The summed E-state index contributed by atoms with van der Waals surface area (Å²) in [6, 6.07) is 72.5. The van der Waals surface area contributed by atoms with Gasteiger partial charge in [0.25, 0.3) is 0 Å². The van der Waals surface area contributed by atoms with Crippen molar-refractivity contribution in [3.63, 3.8) is 0 Å². The van der Waals surface area contributed by atoms with Crippen LogP contribution < -0.4 is 0 Å². The summed E-state index contributed by atoms with van der Waals surface area (Å²) in [7, 11) is 0. The highest BCUT2D eigenvalue weighted by atomic mass is 32.1. The highest BCUT2D eigenvalue weighted by Gasteiger charge is 2.22. The lowest BCUT2D eigenvalue weighted by Crippen LogP contribution is -2.00. The van der Waals surface area contributed by atoms with Gasteiger partial charge in [0.1, 0.15) is 0 Å². The first-order valence-electron chi connectivity index (χ1n) is 20.2. The number of thiophene rings is 1. The highest BCUT2D eigenvalue weighted by molar-refractivity contribution is 7.25. The van der Waals surface area contributed by atoms with E-state index in [-0.39, 0.29) is 0 Å². The molecule has 9 aromatic carbocycles. The molecular weight excluding hydrogens is 749 g/mol. The van der Waals surface area contributed by atoms with Crippen molar-refractivity contribution in [1.29, 1.82) is 5.26 Å². The number of rotatable bonds is 4. The van der Waals surface area contributed by atoms with Crippen LogP contribution in [0.2, 0.25) is 0 Å². The van der Waals surface area contributed by atoms with Gasteiger partial charge in [0.05, 0.1) is 44.7 Å². The van der Waals surface area contributed by atoms with Crippen LogP contribution in [0.5, 0.6) is 0 Å². The molecule has 4 heterocycles. The second kappa shape index (κ2) is 12.5. The highest BCUT2D eigenvalue weighted by Crippen LogP contribution is 2.44. The number of nitrogens with zero attached hydrogens (tertiary/aromatic N) is 4. The van der Waals surface area contributed by atoms with Crippen LogP contribution in [0.1, 0.15) is 5.56 Å². The number of nitriles is 1. The molecule has 4 aromatic heterocycles. The number of aromatic nitrogens is 3. The molecular formula is C55H32N4S. The Morgan fingerprint density at radius 2 is 0.983 bits per heavy atom. The molecule has 0 saturated carbocycles. The summed E-state index contributed by atoms with van der Waals surface area (Å²) in [4.78, 5) is 0. The summed E-state index contributed by atoms with van der Waals surface area (Å²) in [5.74, 6) is 0. The van der Waals surface area contributed by atoms with Crippen molar-refractivity contribution in [2.45, 2.75) is 0 Å². The predicted octanol–water partition coefficient (Wildman–Crippen LogP) is 14.9. The molecule has 0 N–H and O–H groups in total. The first kappa shape index (κ1) is 33.1. The van der Waals surface area contributed by atoms with Gasteiger partial charge in [-0.3, -0.25) is 0 Å². The molecule has 13 aromatic rings. The van der Waals surface area contributed by atoms with Crippen molar-refractivity contribution in [2.24, 2.45) is 0 Å². The second-order valence-corrected chi connectivity index (χ2v) is 16.7. The molecule has 0 aliphatic carbocycles. The van der Waals surface area contributed by atoms with Gasteiger partial charge in [-0.1, -0.05) is 109 Å². The Labute approximate surface area is 348 Å². The lowest BCUT2D eigenvalue weighted by Gasteiger charge is -2.16. The quantitative estimate of drug-likeness (QED) is 0.175. The number of fused-ring (bicyclic) bond motifs is 13. The summed E-state index contributed by atoms with van der Waals surface area (Å²) >= 11 is 1.85. The molecule has 0 spiro atoms. The summed E-state index contributed by atoms with van der Waals surface area (Å²) < 4.78 is 9.88. The topological polar surface area (TPSA) is 38.6 Å². The zero-order valence-electron chi connectivity index (χ0n) is 32.2. The molecule has 4 nitrogen and oxygen atoms in total. The predicted molar refractivity (Wildman–Crippen MR) is 252 cm³/mol. The molecule has 0 saturated heterocycles. The van der Waals surface area contributed by atoms with Crippen molar-refractivity contribution in [3.05, 3.63) is 200 Å². The van der Waals surface area contributed by atoms with Gasteiger partial charge < -0.3 is 13.7 Å². The van der Waals surface area contributed by atoms with Gasteiger partial charge in [-0.2, -0.15) is 5.26 Å². The van der Waals surface area contributed by atoms with E-state index in [2.05, 4.69) is 196 Å². The zero-order chi connectivity index (χ0) is 39.5. The van der Waals surface area contributed by atoms with Crippen molar-refractivity contribution in [1.82, 2.24) is 13.7 Å². The molecule has 0 unspecified atom stereocenters. The van der Waals surface area contributed by atoms with Gasteiger partial charge >= 0.3 is 0 Å². The van der Waals surface area contributed by atoms with Crippen LogP contribution in [0.25, 0.3) is 114 Å². The fourth-order valence-corrected chi connectivity index (χ4v) is 11.0. The minimum atomic E-state index is 0.636. The maximum atomic E-state index is 10.0. The molecule has 278 valence electrons. The largest absolute Gasteiger partial charge is 0.309 e. The van der Waals surface area contributed by atoms with Crippen molar-refractivity contribution < 1.29 is 0 Å². The van der Waals surface area contributed by atoms with E-state index in [4.69, 9.17) is 0 Å². The molecule has 13 rings (SSSR count). The Morgan fingerprint density at radius 3 is 1.75 bits per heavy atom. The smallest absolute Gasteiger partial charge is 0.0991 e. The van der Waals surface area contributed by atoms with Crippen LogP contribution in [0.4, 0.5) is 0 Å². The van der Waals surface area contributed by atoms with E-state index in [0.29, 0.717) is 5.56 Å². The molecule has 0 atom stereocenters. The lowest BCUT2D eigenvalue weighted by molar-refractivity contribution is 1.13. The minimum absolute atomic E-state index is 0.636. The average molecular weight is 781 g/mol. The third-order valence-electron chi connectivity index (χ3n) is 12.4. The first-order valence-corrected chi connectivity index (χ1v) is 21.0. The Morgan fingerprint density at radius 1 is 0.350 bits per heavy atom. The van der Waals surface area contributed by atoms with Crippen LogP contribution >= 0.6 is 11.3 Å². The van der Waals surface area contributed by atoms with Gasteiger partial charge in [0, 0.05) is 69.6 Å². The van der Waals surface area contributed by atoms with Crippen LogP contribution in [0.15, 0.2) is 194 Å². The Hall–Kier alpha value is -7.91. The molecule has 0 aliphatic heterocycles. The van der Waals surface area contributed by atoms with E-state index < -0.39 is 0 Å². The monoisotopic (exact) mass is 780 g/mol. The number of hydrogen-bond acceptors (Lipinski definition) is 2. The van der Waals surface area contributed by atoms with Crippen LogP contribution in [-0.2, 0) is 0 Å². The molecule has 0 amide bonds. The van der Waals surface area contributed by atoms with Crippen LogP contribution in [0, 0.1) is 11.3 Å². The van der Waals surface area contributed by atoms with Gasteiger partial charge in [-0.15, -0.1) is 11.3 Å². The first-order chi connectivity index (χ1) is 29.7. The molecule has 5 heteroatoms. The van der Waals surface area contributed by atoms with Gasteiger partial charge in [0.15, 0.2) is 0 Å². The minimum Gasteiger partial charge on any atom is -0.309 e. The third kappa shape index (κ3) is 4.65. The SMILES string of the molecule is N#Cc1cccc(-c2cc(-n3c4ccccc4c4cc5c(cc43)sc3ccccc35)cc(-n3c4ccccc4c4c3ccc3c5ccccc5n(-c5ccccc5)c34)c2)c1. The Balaban J connectivity index is 1.16. The molecule has 0 fully saturated rings.